The smallest absolute Gasteiger partial charge is 0.206 e. The highest BCUT2D eigenvalue weighted by atomic mass is 16.5. The Morgan fingerprint density at radius 3 is 3.10 bits per heavy atom. The van der Waals surface area contributed by atoms with Gasteiger partial charge in [-0.25, -0.2) is 4.98 Å². The summed E-state index contributed by atoms with van der Waals surface area (Å²) in [5, 5.41) is 3.53. The quantitative estimate of drug-likeness (QED) is 0.776. The number of nitrogens with one attached hydrogen (secondary N) is 1. The van der Waals surface area contributed by atoms with Crippen molar-refractivity contribution < 1.29 is 4.74 Å². The second-order valence-electron chi connectivity index (χ2n) is 6.10. The number of aromatic nitrogens is 2. The molecule has 3 rings (SSSR count). The van der Waals surface area contributed by atoms with E-state index in [0.29, 0.717) is 6.04 Å². The van der Waals surface area contributed by atoms with Crippen LogP contribution in [0.25, 0.3) is 0 Å². The molecule has 3 heterocycles. The van der Waals surface area contributed by atoms with Gasteiger partial charge in [0.1, 0.15) is 0 Å². The van der Waals surface area contributed by atoms with Crippen LogP contribution in [0.3, 0.4) is 0 Å². The molecule has 0 unspecified atom stereocenters. The highest BCUT2D eigenvalue weighted by Crippen LogP contribution is 2.31. The maximum Gasteiger partial charge on any atom is 0.206 e. The lowest BCUT2D eigenvalue weighted by Crippen LogP contribution is -2.36. The third-order valence-electron chi connectivity index (χ3n) is 4.76. The van der Waals surface area contributed by atoms with Crippen LogP contribution in [0.1, 0.15) is 32.4 Å². The minimum absolute atomic E-state index is 0.641. The molecule has 1 aromatic rings. The van der Waals surface area contributed by atoms with Crippen LogP contribution in [0.4, 0.5) is 5.95 Å². The first-order valence-electron chi connectivity index (χ1n) is 8.44. The van der Waals surface area contributed by atoms with E-state index in [1.807, 2.05) is 0 Å². The molecule has 0 aliphatic carbocycles. The normalized spacial score (nSPS) is 24.8. The molecule has 2 aliphatic heterocycles. The van der Waals surface area contributed by atoms with Crippen molar-refractivity contribution in [2.75, 3.05) is 37.7 Å². The van der Waals surface area contributed by atoms with Gasteiger partial charge in [0, 0.05) is 51.6 Å². The monoisotopic (exact) mass is 292 g/mol. The van der Waals surface area contributed by atoms with Crippen molar-refractivity contribution in [3.05, 3.63) is 11.9 Å². The Kier molecular flexibility index (Phi) is 4.80. The number of nitrogens with zero attached hydrogens (tertiary/aromatic N) is 3. The van der Waals surface area contributed by atoms with Crippen LogP contribution in [0, 0.1) is 5.92 Å². The van der Waals surface area contributed by atoms with E-state index in [9.17, 15) is 0 Å². The molecule has 21 heavy (non-hydrogen) atoms. The summed E-state index contributed by atoms with van der Waals surface area (Å²) in [5.41, 5.74) is 1.20. The summed E-state index contributed by atoms with van der Waals surface area (Å²) in [5.74, 6) is 1.99. The fourth-order valence-electron chi connectivity index (χ4n) is 3.60. The Morgan fingerprint density at radius 1 is 1.38 bits per heavy atom. The molecule has 2 atom stereocenters. The number of aryl methyl sites for hydroxylation is 2. The molecule has 1 N–H and O–H groups in total. The lowest BCUT2D eigenvalue weighted by atomic mass is 10.1. The topological polar surface area (TPSA) is 42.3 Å². The third-order valence-corrected chi connectivity index (χ3v) is 4.76. The molecule has 0 saturated carbocycles. The number of ether oxygens (including phenoxy) is 1. The molecule has 1 aromatic heterocycles. The fourth-order valence-corrected chi connectivity index (χ4v) is 3.60. The van der Waals surface area contributed by atoms with Gasteiger partial charge in [0.05, 0.1) is 5.69 Å². The van der Waals surface area contributed by atoms with E-state index >= 15 is 0 Å². The average molecular weight is 292 g/mol. The van der Waals surface area contributed by atoms with Crippen molar-refractivity contribution in [2.45, 2.75) is 45.7 Å². The Bertz CT molecular complexity index is 459. The number of hydrogen-bond acceptors (Lipinski definition) is 4. The summed E-state index contributed by atoms with van der Waals surface area (Å²) in [6.45, 7) is 10.3. The van der Waals surface area contributed by atoms with Gasteiger partial charge in [0.15, 0.2) is 0 Å². The van der Waals surface area contributed by atoms with Gasteiger partial charge in [-0.2, -0.15) is 0 Å². The van der Waals surface area contributed by atoms with Crippen LogP contribution in [0.5, 0.6) is 0 Å². The van der Waals surface area contributed by atoms with Gasteiger partial charge < -0.3 is 19.5 Å². The van der Waals surface area contributed by atoms with E-state index in [0.717, 1.165) is 51.6 Å². The van der Waals surface area contributed by atoms with Crippen molar-refractivity contribution in [3.8, 4) is 0 Å². The molecule has 0 spiro atoms. The summed E-state index contributed by atoms with van der Waals surface area (Å²) >= 11 is 0. The fraction of sp³-hybridized carbons (Fsp3) is 0.812. The van der Waals surface area contributed by atoms with E-state index in [1.54, 1.807) is 0 Å². The van der Waals surface area contributed by atoms with Crippen LogP contribution in [0.15, 0.2) is 6.20 Å². The van der Waals surface area contributed by atoms with E-state index in [2.05, 4.69) is 34.8 Å². The van der Waals surface area contributed by atoms with Crippen LogP contribution >= 0.6 is 0 Å². The molecule has 0 radical (unpaired) electrons. The second-order valence-corrected chi connectivity index (χ2v) is 6.10. The highest BCUT2D eigenvalue weighted by molar-refractivity contribution is 5.38. The van der Waals surface area contributed by atoms with Gasteiger partial charge in [0.2, 0.25) is 5.95 Å². The Morgan fingerprint density at radius 2 is 2.29 bits per heavy atom. The summed E-state index contributed by atoms with van der Waals surface area (Å²) in [6.07, 6.45) is 5.59. The lowest BCUT2D eigenvalue weighted by molar-refractivity contribution is 0.141. The molecule has 118 valence electrons. The van der Waals surface area contributed by atoms with Gasteiger partial charge >= 0.3 is 0 Å². The van der Waals surface area contributed by atoms with Gasteiger partial charge in [-0.15, -0.1) is 0 Å². The summed E-state index contributed by atoms with van der Waals surface area (Å²) in [6, 6.07) is 0.641. The van der Waals surface area contributed by atoms with Crippen LogP contribution in [0.2, 0.25) is 0 Å². The molecule has 5 heteroatoms. The van der Waals surface area contributed by atoms with Gasteiger partial charge in [-0.3, -0.25) is 0 Å². The number of fused-ring (bicyclic) bond motifs is 1. The molecule has 0 bridgehead atoms. The zero-order valence-electron chi connectivity index (χ0n) is 13.3. The molecule has 5 nitrogen and oxygen atoms in total. The van der Waals surface area contributed by atoms with Crippen molar-refractivity contribution in [2.24, 2.45) is 5.92 Å². The third kappa shape index (κ3) is 3.09. The molecule has 0 amide bonds. The predicted octanol–water partition coefficient (Wildman–Crippen LogP) is 1.67. The standard InChI is InChI=1S/C16H28N4O/c1-3-14-12-19(7-5-9-21-4-2)16(18-14)20-8-6-13-10-17-11-15(13)20/h12-13,15,17H,3-11H2,1-2H3/t13-,15+/m0/s1. The molecule has 2 saturated heterocycles. The zero-order valence-corrected chi connectivity index (χ0v) is 13.3. The van der Waals surface area contributed by atoms with Crippen molar-refractivity contribution in [3.63, 3.8) is 0 Å². The number of hydrogen-bond donors (Lipinski definition) is 1. The van der Waals surface area contributed by atoms with E-state index < -0.39 is 0 Å². The highest BCUT2D eigenvalue weighted by Gasteiger charge is 2.39. The summed E-state index contributed by atoms with van der Waals surface area (Å²) < 4.78 is 7.81. The van der Waals surface area contributed by atoms with Crippen LogP contribution in [-0.2, 0) is 17.7 Å². The van der Waals surface area contributed by atoms with Crippen molar-refractivity contribution >= 4 is 5.95 Å². The minimum atomic E-state index is 0.641. The number of rotatable bonds is 7. The first-order chi connectivity index (χ1) is 10.3. The van der Waals surface area contributed by atoms with E-state index in [4.69, 9.17) is 9.72 Å². The number of anilines is 1. The average Bonchev–Trinajstić information content (AvgIpc) is 3.18. The van der Waals surface area contributed by atoms with E-state index in [-0.39, 0.29) is 0 Å². The Hall–Kier alpha value is -1.07. The predicted molar refractivity (Wildman–Crippen MR) is 84.8 cm³/mol. The maximum atomic E-state index is 5.47. The number of imidazole rings is 1. The van der Waals surface area contributed by atoms with E-state index in [1.165, 1.54) is 24.6 Å². The Balaban J connectivity index is 1.72. The first kappa shape index (κ1) is 14.9. The maximum absolute atomic E-state index is 5.47. The summed E-state index contributed by atoms with van der Waals surface area (Å²) in [7, 11) is 0. The molecular formula is C16H28N4O. The molecular weight excluding hydrogens is 264 g/mol. The largest absolute Gasteiger partial charge is 0.382 e. The van der Waals surface area contributed by atoms with Crippen LogP contribution in [-0.4, -0.2) is 48.4 Å². The van der Waals surface area contributed by atoms with Gasteiger partial charge in [-0.1, -0.05) is 6.92 Å². The van der Waals surface area contributed by atoms with Crippen molar-refractivity contribution in [1.82, 2.24) is 14.9 Å². The molecule has 2 aliphatic rings. The first-order valence-corrected chi connectivity index (χ1v) is 8.44. The SMILES string of the molecule is CCOCCCn1cc(CC)nc1N1CC[C@H]2CNC[C@H]21. The minimum Gasteiger partial charge on any atom is -0.382 e. The molecule has 2 fully saturated rings. The van der Waals surface area contributed by atoms with Gasteiger partial charge in [0.25, 0.3) is 0 Å². The molecule has 0 aromatic carbocycles. The lowest BCUT2D eigenvalue weighted by Gasteiger charge is -2.25. The zero-order chi connectivity index (χ0) is 14.7. The van der Waals surface area contributed by atoms with Crippen molar-refractivity contribution in [1.29, 1.82) is 0 Å². The summed E-state index contributed by atoms with van der Waals surface area (Å²) in [4.78, 5) is 7.42. The Labute approximate surface area is 127 Å². The van der Waals surface area contributed by atoms with Crippen LogP contribution < -0.4 is 10.2 Å². The second kappa shape index (κ2) is 6.79. The van der Waals surface area contributed by atoms with Gasteiger partial charge in [-0.05, 0) is 32.1 Å².